The lowest BCUT2D eigenvalue weighted by atomic mass is 10.1. The standard InChI is InChI=1S/C21H18Cl2N2OS/c22-15-7-8-17(23)16(12-15)21(26)24-13-19(20-6-3-11-27-20)25-10-9-14-4-1-2-5-18(14)25/h1-8,11-12,19H,9-10,13H2,(H,24,26)/t19-/m1/s1. The maximum absolute atomic E-state index is 12.7. The van der Waals surface area contributed by atoms with Gasteiger partial charge in [0.15, 0.2) is 0 Å². The second kappa shape index (κ2) is 7.93. The van der Waals surface area contributed by atoms with Crippen LogP contribution in [0.15, 0.2) is 60.0 Å². The van der Waals surface area contributed by atoms with Crippen molar-refractivity contribution in [2.45, 2.75) is 12.5 Å². The Labute approximate surface area is 172 Å². The molecule has 6 heteroatoms. The van der Waals surface area contributed by atoms with E-state index >= 15 is 0 Å². The van der Waals surface area contributed by atoms with Crippen molar-refractivity contribution in [3.63, 3.8) is 0 Å². The van der Waals surface area contributed by atoms with Crippen LogP contribution in [0.4, 0.5) is 5.69 Å². The number of halogens is 2. The Morgan fingerprint density at radius 3 is 2.81 bits per heavy atom. The Morgan fingerprint density at radius 1 is 1.15 bits per heavy atom. The predicted octanol–water partition coefficient (Wildman–Crippen LogP) is 5.59. The summed E-state index contributed by atoms with van der Waals surface area (Å²) in [4.78, 5) is 16.3. The number of anilines is 1. The first-order valence-corrected chi connectivity index (χ1v) is 10.4. The van der Waals surface area contributed by atoms with Crippen molar-refractivity contribution < 1.29 is 4.79 Å². The SMILES string of the molecule is O=C(NC[C@H](c1cccs1)N1CCc2ccccc21)c1cc(Cl)ccc1Cl. The second-order valence-corrected chi connectivity index (χ2v) is 8.26. The lowest BCUT2D eigenvalue weighted by molar-refractivity contribution is 0.0951. The molecule has 0 aliphatic carbocycles. The maximum Gasteiger partial charge on any atom is 0.252 e. The Balaban J connectivity index is 1.57. The number of carbonyl (C=O) groups is 1. The minimum atomic E-state index is -0.212. The molecule has 3 nitrogen and oxygen atoms in total. The van der Waals surface area contributed by atoms with E-state index in [0.29, 0.717) is 22.2 Å². The molecule has 3 aromatic rings. The molecular formula is C21H18Cl2N2OS. The molecule has 0 radical (unpaired) electrons. The molecule has 0 unspecified atom stereocenters. The molecule has 1 atom stereocenters. The minimum absolute atomic E-state index is 0.0792. The molecule has 1 N–H and O–H groups in total. The number of hydrogen-bond acceptors (Lipinski definition) is 3. The normalized spacial score (nSPS) is 14.1. The summed E-state index contributed by atoms with van der Waals surface area (Å²) < 4.78 is 0. The van der Waals surface area contributed by atoms with Gasteiger partial charge in [-0.25, -0.2) is 0 Å². The number of hydrogen-bond donors (Lipinski definition) is 1. The van der Waals surface area contributed by atoms with Crippen LogP contribution in [-0.4, -0.2) is 19.0 Å². The van der Waals surface area contributed by atoms with E-state index in [1.165, 1.54) is 16.1 Å². The third-order valence-electron chi connectivity index (χ3n) is 4.80. The van der Waals surface area contributed by atoms with Gasteiger partial charge in [0.25, 0.3) is 5.91 Å². The van der Waals surface area contributed by atoms with Gasteiger partial charge in [-0.3, -0.25) is 4.79 Å². The first-order chi connectivity index (χ1) is 13.1. The maximum atomic E-state index is 12.7. The number of para-hydroxylation sites is 1. The van der Waals surface area contributed by atoms with Crippen LogP contribution >= 0.6 is 34.5 Å². The number of amides is 1. The van der Waals surface area contributed by atoms with Crippen molar-refractivity contribution in [2.24, 2.45) is 0 Å². The summed E-state index contributed by atoms with van der Waals surface area (Å²) in [7, 11) is 0. The summed E-state index contributed by atoms with van der Waals surface area (Å²) in [6.07, 6.45) is 1.02. The summed E-state index contributed by atoms with van der Waals surface area (Å²) in [6.45, 7) is 1.44. The Hall–Kier alpha value is -2.01. The van der Waals surface area contributed by atoms with E-state index in [-0.39, 0.29) is 11.9 Å². The van der Waals surface area contributed by atoms with E-state index in [9.17, 15) is 4.79 Å². The molecule has 0 spiro atoms. The van der Waals surface area contributed by atoms with Crippen LogP contribution < -0.4 is 10.2 Å². The van der Waals surface area contributed by atoms with Crippen LogP contribution in [0.3, 0.4) is 0 Å². The van der Waals surface area contributed by atoms with Crippen LogP contribution in [0, 0.1) is 0 Å². The molecule has 2 heterocycles. The fourth-order valence-electron chi connectivity index (χ4n) is 3.49. The first-order valence-electron chi connectivity index (χ1n) is 8.74. The molecule has 1 aromatic heterocycles. The Bertz CT molecular complexity index is 959. The lowest BCUT2D eigenvalue weighted by Crippen LogP contribution is -2.37. The fraction of sp³-hybridized carbons (Fsp3) is 0.190. The van der Waals surface area contributed by atoms with E-state index in [2.05, 4.69) is 45.9 Å². The monoisotopic (exact) mass is 416 g/mol. The van der Waals surface area contributed by atoms with E-state index < -0.39 is 0 Å². The van der Waals surface area contributed by atoms with Gasteiger partial charge in [0.05, 0.1) is 16.6 Å². The number of fused-ring (bicyclic) bond motifs is 1. The molecule has 0 fully saturated rings. The van der Waals surface area contributed by atoms with Gasteiger partial charge in [0.1, 0.15) is 0 Å². The highest BCUT2D eigenvalue weighted by Crippen LogP contribution is 2.36. The summed E-state index contributed by atoms with van der Waals surface area (Å²) >= 11 is 13.9. The van der Waals surface area contributed by atoms with Gasteiger partial charge in [-0.2, -0.15) is 0 Å². The van der Waals surface area contributed by atoms with E-state index in [1.54, 1.807) is 29.5 Å². The predicted molar refractivity (Wildman–Crippen MR) is 113 cm³/mol. The van der Waals surface area contributed by atoms with Crippen LogP contribution in [0.2, 0.25) is 10.0 Å². The van der Waals surface area contributed by atoms with E-state index in [4.69, 9.17) is 23.2 Å². The van der Waals surface area contributed by atoms with Gasteiger partial charge < -0.3 is 10.2 Å². The molecule has 0 saturated heterocycles. The highest BCUT2D eigenvalue weighted by Gasteiger charge is 2.28. The molecule has 0 saturated carbocycles. The molecule has 0 bridgehead atoms. The molecule has 138 valence electrons. The average molecular weight is 417 g/mol. The largest absolute Gasteiger partial charge is 0.361 e. The number of nitrogens with one attached hydrogen (secondary N) is 1. The van der Waals surface area contributed by atoms with Crippen LogP contribution in [-0.2, 0) is 6.42 Å². The van der Waals surface area contributed by atoms with Crippen molar-refractivity contribution in [1.82, 2.24) is 5.32 Å². The number of thiophene rings is 1. The van der Waals surface area contributed by atoms with Gasteiger partial charge in [-0.1, -0.05) is 47.5 Å². The lowest BCUT2D eigenvalue weighted by Gasteiger charge is -2.30. The molecule has 2 aromatic carbocycles. The van der Waals surface area contributed by atoms with Crippen LogP contribution in [0.1, 0.15) is 26.8 Å². The van der Waals surface area contributed by atoms with Gasteiger partial charge in [-0.15, -0.1) is 11.3 Å². The van der Waals surface area contributed by atoms with Gasteiger partial charge in [0, 0.05) is 28.7 Å². The molecule has 27 heavy (non-hydrogen) atoms. The highest BCUT2D eigenvalue weighted by atomic mass is 35.5. The zero-order valence-corrected chi connectivity index (χ0v) is 16.8. The van der Waals surface area contributed by atoms with Gasteiger partial charge >= 0.3 is 0 Å². The van der Waals surface area contributed by atoms with E-state index in [0.717, 1.165) is 13.0 Å². The van der Waals surface area contributed by atoms with Gasteiger partial charge in [0.2, 0.25) is 0 Å². The van der Waals surface area contributed by atoms with Crippen molar-refractivity contribution in [3.05, 3.63) is 86.0 Å². The smallest absolute Gasteiger partial charge is 0.252 e. The summed E-state index contributed by atoms with van der Waals surface area (Å²) in [5, 5.41) is 6.01. The number of nitrogens with zero attached hydrogens (tertiary/aromatic N) is 1. The Kier molecular flexibility index (Phi) is 5.39. The highest BCUT2D eigenvalue weighted by molar-refractivity contribution is 7.10. The number of rotatable bonds is 5. The Morgan fingerprint density at radius 2 is 2.00 bits per heavy atom. The third kappa shape index (κ3) is 3.84. The van der Waals surface area contributed by atoms with Crippen molar-refractivity contribution in [1.29, 1.82) is 0 Å². The molecule has 1 aliphatic heterocycles. The van der Waals surface area contributed by atoms with Crippen LogP contribution in [0.5, 0.6) is 0 Å². The number of carbonyl (C=O) groups excluding carboxylic acids is 1. The second-order valence-electron chi connectivity index (χ2n) is 6.44. The quantitative estimate of drug-likeness (QED) is 0.587. The summed E-state index contributed by atoms with van der Waals surface area (Å²) in [5.41, 5.74) is 2.99. The summed E-state index contributed by atoms with van der Waals surface area (Å²) in [5.74, 6) is -0.212. The van der Waals surface area contributed by atoms with E-state index in [1.807, 2.05) is 6.07 Å². The van der Waals surface area contributed by atoms with Crippen LogP contribution in [0.25, 0.3) is 0 Å². The van der Waals surface area contributed by atoms with Gasteiger partial charge in [-0.05, 0) is 47.7 Å². The molecular weight excluding hydrogens is 399 g/mol. The summed E-state index contributed by atoms with van der Waals surface area (Å²) in [6, 6.07) is 17.6. The molecule has 4 rings (SSSR count). The zero-order valence-electron chi connectivity index (χ0n) is 14.5. The molecule has 1 amide bonds. The first kappa shape index (κ1) is 18.4. The zero-order chi connectivity index (χ0) is 18.8. The fourth-order valence-corrected chi connectivity index (χ4v) is 4.70. The van der Waals surface area contributed by atoms with Crippen molar-refractivity contribution in [3.8, 4) is 0 Å². The van der Waals surface area contributed by atoms with Crippen molar-refractivity contribution in [2.75, 3.05) is 18.0 Å². The third-order valence-corrected chi connectivity index (χ3v) is 6.34. The number of benzene rings is 2. The van der Waals surface area contributed by atoms with Crippen molar-refractivity contribution >= 4 is 46.1 Å². The molecule has 1 aliphatic rings. The topological polar surface area (TPSA) is 32.3 Å². The minimum Gasteiger partial charge on any atom is -0.361 e. The average Bonchev–Trinajstić information content (AvgIpc) is 3.34.